The molecule has 2 fully saturated rings. The van der Waals surface area contributed by atoms with Crippen LogP contribution in [-0.2, 0) is 14.3 Å². The minimum Gasteiger partial charge on any atom is -0.455 e. The monoisotopic (exact) mass is 489 g/mol. The molecule has 0 radical (unpaired) electrons. The van der Waals surface area contributed by atoms with E-state index in [4.69, 9.17) is 4.74 Å². The minimum absolute atomic E-state index is 0.0174. The maximum Gasteiger partial charge on any atom is 0.306 e. The molecule has 0 aliphatic heterocycles. The van der Waals surface area contributed by atoms with Gasteiger partial charge in [0.15, 0.2) is 17.5 Å². The molecule has 7 heteroatoms. The number of fused-ring (bicyclic) bond motifs is 3. The summed E-state index contributed by atoms with van der Waals surface area (Å²) < 4.78 is 5.86. The van der Waals surface area contributed by atoms with E-state index in [-0.39, 0.29) is 35.0 Å². The lowest BCUT2D eigenvalue weighted by Crippen LogP contribution is -2.65. The van der Waals surface area contributed by atoms with E-state index in [1.165, 1.54) is 0 Å². The molecule has 0 aromatic heterocycles. The van der Waals surface area contributed by atoms with Crippen molar-refractivity contribution in [2.24, 2.45) is 34.5 Å². The second kappa shape index (κ2) is 9.09. The number of unbranched alkanes of at least 4 members (excludes halogenated alkanes) is 2. The highest BCUT2D eigenvalue weighted by molar-refractivity contribution is 5.95. The average Bonchev–Trinajstić information content (AvgIpc) is 3.27. The number of hydrogen-bond donors (Lipinski definition) is 3. The standard InChI is InChI=1S/C28H43NO6/c1-16-14-27-17(2)12-20-22(26(20,3)4)19(24(27)33)13-18(15-30)23(32)28(27,34)25(16)35-21(31)10-8-7-9-11-29(5)6/h13-14,17,19-20,22-23,25,30,32,34H,7-12,15H2,1-6H3/t17-,19+,20-,22+,23-,25+,27+,28+/m1/s1. The molecular weight excluding hydrogens is 446 g/mol. The maximum absolute atomic E-state index is 14.3. The van der Waals surface area contributed by atoms with Crippen LogP contribution < -0.4 is 0 Å². The minimum atomic E-state index is -2.06. The van der Waals surface area contributed by atoms with Crippen LogP contribution in [0.25, 0.3) is 0 Å². The summed E-state index contributed by atoms with van der Waals surface area (Å²) in [5.41, 5.74) is -2.64. The number of ketones is 1. The van der Waals surface area contributed by atoms with Crippen molar-refractivity contribution in [2.45, 2.75) is 77.6 Å². The van der Waals surface area contributed by atoms with E-state index in [2.05, 4.69) is 18.7 Å². The van der Waals surface area contributed by atoms with Crippen molar-refractivity contribution >= 4 is 11.8 Å². The molecule has 1 spiro atoms. The van der Waals surface area contributed by atoms with Crippen molar-refractivity contribution in [1.82, 2.24) is 4.90 Å². The van der Waals surface area contributed by atoms with Crippen molar-refractivity contribution in [2.75, 3.05) is 27.2 Å². The molecule has 0 amide bonds. The molecule has 0 heterocycles. The van der Waals surface area contributed by atoms with Crippen molar-refractivity contribution in [3.63, 3.8) is 0 Å². The van der Waals surface area contributed by atoms with Crippen LogP contribution in [-0.4, -0.2) is 77.0 Å². The number of carbonyl (C=O) groups is 2. The highest BCUT2D eigenvalue weighted by Gasteiger charge is 2.76. The van der Waals surface area contributed by atoms with E-state index in [0.29, 0.717) is 17.9 Å². The van der Waals surface area contributed by atoms with Crippen LogP contribution >= 0.6 is 0 Å². The summed E-state index contributed by atoms with van der Waals surface area (Å²) in [5, 5.41) is 34.0. The van der Waals surface area contributed by atoms with Crippen molar-refractivity contribution in [1.29, 1.82) is 0 Å². The predicted octanol–water partition coefficient (Wildman–Crippen LogP) is 2.49. The second-order valence-electron chi connectivity index (χ2n) is 12.3. The second-order valence-corrected chi connectivity index (χ2v) is 12.3. The molecule has 3 N–H and O–H groups in total. The number of aliphatic hydroxyl groups excluding tert-OH is 2. The highest BCUT2D eigenvalue weighted by Crippen LogP contribution is 2.71. The van der Waals surface area contributed by atoms with Crippen LogP contribution in [0.1, 0.15) is 59.8 Å². The SMILES string of the molecule is CC1=C[C@]23C(=O)[C@@H](C=C(CO)[C@@H](O)[C@]2(O)[C@H]1OC(=O)CCCCCN(C)C)[C@H]1[C@@H](C[C@H]3C)C1(C)C. The Morgan fingerprint density at radius 2 is 1.91 bits per heavy atom. The fourth-order valence-electron chi connectivity index (χ4n) is 7.66. The number of rotatable bonds is 8. The molecule has 7 nitrogen and oxygen atoms in total. The largest absolute Gasteiger partial charge is 0.455 e. The summed E-state index contributed by atoms with van der Waals surface area (Å²) in [6.07, 6.45) is 4.30. The molecule has 4 aliphatic rings. The molecular formula is C28H43NO6. The summed E-state index contributed by atoms with van der Waals surface area (Å²) in [5.74, 6) is -0.914. The molecule has 8 atom stereocenters. The van der Waals surface area contributed by atoms with Gasteiger partial charge in [0.05, 0.1) is 12.0 Å². The van der Waals surface area contributed by atoms with Gasteiger partial charge in [-0.15, -0.1) is 0 Å². The van der Waals surface area contributed by atoms with Crippen molar-refractivity contribution < 1.29 is 29.6 Å². The van der Waals surface area contributed by atoms with Gasteiger partial charge in [0, 0.05) is 12.3 Å². The number of hydrogen-bond acceptors (Lipinski definition) is 7. The zero-order valence-electron chi connectivity index (χ0n) is 22.1. The predicted molar refractivity (Wildman–Crippen MR) is 132 cm³/mol. The number of aliphatic hydroxyl groups is 3. The van der Waals surface area contributed by atoms with Gasteiger partial charge < -0.3 is 25.0 Å². The lowest BCUT2D eigenvalue weighted by atomic mass is 9.59. The number of esters is 1. The van der Waals surface area contributed by atoms with E-state index >= 15 is 0 Å². The molecule has 4 aliphatic carbocycles. The van der Waals surface area contributed by atoms with E-state index < -0.39 is 41.7 Å². The third kappa shape index (κ3) is 3.85. The van der Waals surface area contributed by atoms with Crippen LogP contribution in [0, 0.1) is 34.5 Å². The normalized spacial score (nSPS) is 41.4. The third-order valence-electron chi connectivity index (χ3n) is 9.63. The van der Waals surface area contributed by atoms with Gasteiger partial charge in [-0.1, -0.05) is 39.3 Å². The molecule has 0 aromatic carbocycles. The Hall–Kier alpha value is -1.54. The third-order valence-corrected chi connectivity index (χ3v) is 9.63. The van der Waals surface area contributed by atoms with Gasteiger partial charge in [0.25, 0.3) is 0 Å². The van der Waals surface area contributed by atoms with Crippen LogP contribution in [0.4, 0.5) is 0 Å². The topological polar surface area (TPSA) is 107 Å². The zero-order valence-corrected chi connectivity index (χ0v) is 22.1. The van der Waals surface area contributed by atoms with E-state index in [9.17, 15) is 24.9 Å². The summed E-state index contributed by atoms with van der Waals surface area (Å²) in [6.45, 7) is 8.53. The van der Waals surface area contributed by atoms with E-state index in [0.717, 1.165) is 25.8 Å². The molecule has 4 rings (SSSR count). The Balaban J connectivity index is 1.65. The molecule has 0 unspecified atom stereocenters. The first-order valence-electron chi connectivity index (χ1n) is 13.1. The van der Waals surface area contributed by atoms with Crippen LogP contribution in [0.2, 0.25) is 0 Å². The fraction of sp³-hybridized carbons (Fsp3) is 0.786. The van der Waals surface area contributed by atoms with Crippen LogP contribution in [0.15, 0.2) is 23.3 Å². The quantitative estimate of drug-likeness (QED) is 0.273. The highest BCUT2D eigenvalue weighted by atomic mass is 16.6. The Kier molecular flexibility index (Phi) is 6.89. The number of allylic oxidation sites excluding steroid dienone is 1. The van der Waals surface area contributed by atoms with Crippen LogP contribution in [0.5, 0.6) is 0 Å². The average molecular weight is 490 g/mol. The summed E-state index contributed by atoms with van der Waals surface area (Å²) in [6, 6.07) is 0. The lowest BCUT2D eigenvalue weighted by molar-refractivity contribution is -0.203. The number of Topliss-reactive ketones (excluding diaryl/α,β-unsaturated/α-hetero) is 1. The summed E-state index contributed by atoms with van der Waals surface area (Å²) >= 11 is 0. The molecule has 2 bridgehead atoms. The summed E-state index contributed by atoms with van der Waals surface area (Å²) in [7, 11) is 4.02. The first-order valence-corrected chi connectivity index (χ1v) is 13.1. The Morgan fingerprint density at radius 3 is 2.54 bits per heavy atom. The van der Waals surface area contributed by atoms with Gasteiger partial charge in [-0.05, 0) is 81.1 Å². The summed E-state index contributed by atoms with van der Waals surface area (Å²) in [4.78, 5) is 29.2. The van der Waals surface area contributed by atoms with Gasteiger partial charge in [-0.3, -0.25) is 9.59 Å². The Morgan fingerprint density at radius 1 is 1.23 bits per heavy atom. The number of ether oxygens (including phenoxy) is 1. The molecule has 35 heavy (non-hydrogen) atoms. The van der Waals surface area contributed by atoms with Crippen molar-refractivity contribution in [3.8, 4) is 0 Å². The van der Waals surface area contributed by atoms with Gasteiger partial charge >= 0.3 is 5.97 Å². The maximum atomic E-state index is 14.3. The molecule has 196 valence electrons. The smallest absolute Gasteiger partial charge is 0.306 e. The Bertz CT molecular complexity index is 938. The number of carbonyl (C=O) groups excluding carboxylic acids is 2. The number of nitrogens with zero attached hydrogens (tertiary/aromatic N) is 1. The fourth-order valence-corrected chi connectivity index (χ4v) is 7.66. The van der Waals surface area contributed by atoms with E-state index in [1.54, 1.807) is 19.1 Å². The van der Waals surface area contributed by atoms with Crippen molar-refractivity contribution in [3.05, 3.63) is 23.3 Å². The van der Waals surface area contributed by atoms with E-state index in [1.807, 2.05) is 21.0 Å². The first-order chi connectivity index (χ1) is 16.3. The first kappa shape index (κ1) is 26.5. The Labute approximate surface area is 209 Å². The van der Waals surface area contributed by atoms with Gasteiger partial charge in [0.1, 0.15) is 6.10 Å². The van der Waals surface area contributed by atoms with Crippen LogP contribution in [0.3, 0.4) is 0 Å². The van der Waals surface area contributed by atoms with Gasteiger partial charge in [-0.25, -0.2) is 0 Å². The zero-order chi connectivity index (χ0) is 25.9. The van der Waals surface area contributed by atoms with Gasteiger partial charge in [-0.2, -0.15) is 0 Å². The van der Waals surface area contributed by atoms with Gasteiger partial charge in [0.2, 0.25) is 0 Å². The molecule has 0 saturated heterocycles. The molecule has 2 saturated carbocycles. The lowest BCUT2D eigenvalue weighted by Gasteiger charge is -2.48. The molecule has 0 aromatic rings.